The molecule has 0 bridgehead atoms. The Morgan fingerprint density at radius 3 is 1.96 bits per heavy atom. The summed E-state index contributed by atoms with van der Waals surface area (Å²) in [5.41, 5.74) is 0.888. The van der Waals surface area contributed by atoms with Gasteiger partial charge in [-0.15, -0.1) is 0 Å². The van der Waals surface area contributed by atoms with Gasteiger partial charge in [0.1, 0.15) is 0 Å². The molecule has 0 spiro atoms. The number of halogens is 2. The van der Waals surface area contributed by atoms with Gasteiger partial charge >= 0.3 is 11.8 Å². The fourth-order valence-electron chi connectivity index (χ4n) is 3.47. The molecule has 0 radical (unpaired) electrons. The van der Waals surface area contributed by atoms with Crippen molar-refractivity contribution in [2.75, 3.05) is 39.3 Å². The number of piperazine rings is 1. The van der Waals surface area contributed by atoms with Crippen LogP contribution in [0, 0.1) is 0 Å². The van der Waals surface area contributed by atoms with Gasteiger partial charge in [0.25, 0.3) is 0 Å². The Balaban J connectivity index is 1.46. The van der Waals surface area contributed by atoms with Crippen LogP contribution in [-0.2, 0) is 20.8 Å². The van der Waals surface area contributed by atoms with Gasteiger partial charge in [0.05, 0.1) is 0 Å². The van der Waals surface area contributed by atoms with Crippen molar-refractivity contribution in [3.8, 4) is 0 Å². The fraction of sp³-hybridized carbons (Fsp3) is 0.526. The van der Waals surface area contributed by atoms with Crippen molar-refractivity contribution in [2.24, 2.45) is 0 Å². The Morgan fingerprint density at radius 2 is 1.37 bits per heavy atom. The molecule has 27 heavy (non-hydrogen) atoms. The van der Waals surface area contributed by atoms with Gasteiger partial charge in [0.2, 0.25) is 5.91 Å². The van der Waals surface area contributed by atoms with Crippen LogP contribution in [0.15, 0.2) is 18.2 Å². The highest BCUT2D eigenvalue weighted by molar-refractivity contribution is 6.35. The lowest BCUT2D eigenvalue weighted by Gasteiger charge is -2.35. The van der Waals surface area contributed by atoms with Gasteiger partial charge in [-0.2, -0.15) is 0 Å². The summed E-state index contributed by atoms with van der Waals surface area (Å²) in [6.07, 6.45) is 2.81. The highest BCUT2D eigenvalue weighted by atomic mass is 35.5. The SMILES string of the molecule is O=C(CCc1ccc(Cl)cc1Cl)N1CCN(C(=O)C(=O)N2CCCC2)CC1. The summed E-state index contributed by atoms with van der Waals surface area (Å²) >= 11 is 12.0. The van der Waals surface area contributed by atoms with Gasteiger partial charge in [-0.3, -0.25) is 14.4 Å². The summed E-state index contributed by atoms with van der Waals surface area (Å²) in [6, 6.07) is 5.26. The van der Waals surface area contributed by atoms with Crippen LogP contribution in [-0.4, -0.2) is 71.7 Å². The average Bonchev–Trinajstić information content (AvgIpc) is 3.21. The molecule has 0 unspecified atom stereocenters. The highest BCUT2D eigenvalue weighted by Crippen LogP contribution is 2.22. The van der Waals surface area contributed by atoms with Crippen LogP contribution >= 0.6 is 23.2 Å². The van der Waals surface area contributed by atoms with E-state index < -0.39 is 11.8 Å². The first-order chi connectivity index (χ1) is 13.0. The normalized spacial score (nSPS) is 17.3. The largest absolute Gasteiger partial charge is 0.339 e. The summed E-state index contributed by atoms with van der Waals surface area (Å²) < 4.78 is 0. The van der Waals surface area contributed by atoms with Crippen LogP contribution in [0.4, 0.5) is 0 Å². The first-order valence-electron chi connectivity index (χ1n) is 9.25. The van der Waals surface area contributed by atoms with E-state index in [4.69, 9.17) is 23.2 Å². The molecular formula is C19H23Cl2N3O3. The second-order valence-electron chi connectivity index (χ2n) is 6.91. The summed E-state index contributed by atoms with van der Waals surface area (Å²) in [5, 5.41) is 1.13. The maximum Gasteiger partial charge on any atom is 0.312 e. The molecule has 6 nitrogen and oxygen atoms in total. The number of benzene rings is 1. The van der Waals surface area contributed by atoms with Crippen LogP contribution in [0.2, 0.25) is 10.0 Å². The molecule has 2 saturated heterocycles. The molecule has 0 saturated carbocycles. The van der Waals surface area contributed by atoms with Crippen LogP contribution in [0.25, 0.3) is 0 Å². The van der Waals surface area contributed by atoms with E-state index in [1.165, 1.54) is 0 Å². The Kier molecular flexibility index (Phi) is 6.60. The van der Waals surface area contributed by atoms with Gasteiger partial charge < -0.3 is 14.7 Å². The lowest BCUT2D eigenvalue weighted by atomic mass is 10.1. The Labute approximate surface area is 169 Å². The summed E-state index contributed by atoms with van der Waals surface area (Å²) in [6.45, 7) is 3.02. The minimum Gasteiger partial charge on any atom is -0.339 e. The van der Waals surface area contributed by atoms with Gasteiger partial charge in [-0.25, -0.2) is 0 Å². The van der Waals surface area contributed by atoms with Gasteiger partial charge in [-0.05, 0) is 37.0 Å². The van der Waals surface area contributed by atoms with Gasteiger partial charge in [-0.1, -0.05) is 29.3 Å². The Bertz CT molecular complexity index is 727. The van der Waals surface area contributed by atoms with Crippen molar-refractivity contribution in [2.45, 2.75) is 25.7 Å². The first-order valence-corrected chi connectivity index (χ1v) is 10.0. The Hall–Kier alpha value is -1.79. The fourth-order valence-corrected chi connectivity index (χ4v) is 3.98. The molecule has 2 heterocycles. The number of nitrogens with zero attached hydrogens (tertiary/aromatic N) is 3. The molecule has 8 heteroatoms. The van der Waals surface area contributed by atoms with Crippen molar-refractivity contribution in [3.05, 3.63) is 33.8 Å². The third kappa shape index (κ3) is 4.93. The van der Waals surface area contributed by atoms with E-state index >= 15 is 0 Å². The molecule has 0 aromatic heterocycles. The molecule has 2 aliphatic rings. The third-order valence-corrected chi connectivity index (χ3v) is 5.71. The van der Waals surface area contributed by atoms with Crippen molar-refractivity contribution >= 4 is 40.9 Å². The van der Waals surface area contributed by atoms with Crippen molar-refractivity contribution in [1.29, 1.82) is 0 Å². The van der Waals surface area contributed by atoms with E-state index in [1.807, 2.05) is 6.07 Å². The van der Waals surface area contributed by atoms with Gasteiger partial charge in [0, 0.05) is 55.7 Å². The smallest absolute Gasteiger partial charge is 0.312 e. The van der Waals surface area contributed by atoms with Crippen LogP contribution < -0.4 is 0 Å². The summed E-state index contributed by atoms with van der Waals surface area (Å²) in [4.78, 5) is 41.9. The number of carbonyl (C=O) groups excluding carboxylic acids is 3. The van der Waals surface area contributed by atoms with Crippen LogP contribution in [0.3, 0.4) is 0 Å². The molecule has 3 amide bonds. The number of hydrogen-bond donors (Lipinski definition) is 0. The zero-order valence-electron chi connectivity index (χ0n) is 15.1. The Morgan fingerprint density at radius 1 is 0.815 bits per heavy atom. The maximum atomic E-state index is 12.4. The standard InChI is InChI=1S/C19H23Cl2N3O3/c20-15-5-3-14(16(21)13-15)4-6-17(25)22-9-11-24(12-10-22)19(27)18(26)23-7-1-2-8-23/h3,5,13H,1-2,4,6-12H2. The molecule has 0 atom stereocenters. The number of rotatable bonds is 3. The molecule has 2 fully saturated rings. The second kappa shape index (κ2) is 8.93. The topological polar surface area (TPSA) is 60.9 Å². The molecule has 1 aromatic rings. The first kappa shape index (κ1) is 20.0. The van der Waals surface area contributed by atoms with E-state index in [0.717, 1.165) is 18.4 Å². The number of likely N-dealkylation sites (tertiary alicyclic amines) is 1. The molecule has 146 valence electrons. The predicted octanol–water partition coefficient (Wildman–Crippen LogP) is 2.22. The zero-order valence-corrected chi connectivity index (χ0v) is 16.6. The van der Waals surface area contributed by atoms with Crippen molar-refractivity contribution in [3.63, 3.8) is 0 Å². The lowest BCUT2D eigenvalue weighted by Crippen LogP contribution is -2.54. The number of aryl methyl sites for hydroxylation is 1. The zero-order chi connectivity index (χ0) is 19.4. The van der Waals surface area contributed by atoms with E-state index in [0.29, 0.717) is 62.2 Å². The summed E-state index contributed by atoms with van der Waals surface area (Å²) in [5.74, 6) is -0.833. The summed E-state index contributed by atoms with van der Waals surface area (Å²) in [7, 11) is 0. The quantitative estimate of drug-likeness (QED) is 0.716. The molecule has 2 aliphatic heterocycles. The molecule has 0 N–H and O–H groups in total. The predicted molar refractivity (Wildman–Crippen MR) is 104 cm³/mol. The average molecular weight is 412 g/mol. The number of hydrogen-bond acceptors (Lipinski definition) is 3. The minimum absolute atomic E-state index is 0.0268. The minimum atomic E-state index is -0.447. The van der Waals surface area contributed by atoms with E-state index in [1.54, 1.807) is 26.8 Å². The third-order valence-electron chi connectivity index (χ3n) is 5.12. The van der Waals surface area contributed by atoms with Crippen LogP contribution in [0.5, 0.6) is 0 Å². The second-order valence-corrected chi connectivity index (χ2v) is 7.75. The van der Waals surface area contributed by atoms with Crippen molar-refractivity contribution in [1.82, 2.24) is 14.7 Å². The highest BCUT2D eigenvalue weighted by Gasteiger charge is 2.31. The van der Waals surface area contributed by atoms with Crippen LogP contribution in [0.1, 0.15) is 24.8 Å². The molecule has 3 rings (SSSR count). The van der Waals surface area contributed by atoms with E-state index in [2.05, 4.69) is 0 Å². The van der Waals surface area contributed by atoms with Crippen molar-refractivity contribution < 1.29 is 14.4 Å². The molecular weight excluding hydrogens is 389 g/mol. The number of carbonyl (C=O) groups is 3. The van der Waals surface area contributed by atoms with E-state index in [9.17, 15) is 14.4 Å². The van der Waals surface area contributed by atoms with Gasteiger partial charge in [0.15, 0.2) is 0 Å². The lowest BCUT2D eigenvalue weighted by molar-refractivity contribution is -0.153. The molecule has 0 aliphatic carbocycles. The van der Waals surface area contributed by atoms with E-state index in [-0.39, 0.29) is 5.91 Å². The maximum absolute atomic E-state index is 12.4. The number of amides is 3. The monoisotopic (exact) mass is 411 g/mol. The molecule has 1 aromatic carbocycles.